The Balaban J connectivity index is 2.91. The van der Waals surface area contributed by atoms with Crippen molar-refractivity contribution in [1.29, 1.82) is 0 Å². The Labute approximate surface area is 80.9 Å². The van der Waals surface area contributed by atoms with Crippen LogP contribution in [-0.4, -0.2) is 22.5 Å². The van der Waals surface area contributed by atoms with Crippen LogP contribution in [0.25, 0.3) is 0 Å². The van der Waals surface area contributed by atoms with Gasteiger partial charge in [0.25, 0.3) is 6.43 Å². The summed E-state index contributed by atoms with van der Waals surface area (Å²) in [6.45, 7) is -0.531. The smallest absolute Gasteiger partial charge is 0.257 e. The molecule has 0 amide bonds. The molecule has 1 heterocycles. The number of hydrogen-bond donors (Lipinski definition) is 0. The molecule has 0 aliphatic rings. The van der Waals surface area contributed by atoms with E-state index in [1.54, 1.807) is 0 Å². The second-order valence-electron chi connectivity index (χ2n) is 2.07. The van der Waals surface area contributed by atoms with Gasteiger partial charge in [0.2, 0.25) is 0 Å². The lowest BCUT2D eigenvalue weighted by Crippen LogP contribution is -2.11. The van der Waals surface area contributed by atoms with Crippen molar-refractivity contribution in [2.75, 3.05) is 0 Å². The topological polar surface area (TPSA) is 34.9 Å². The molecule has 0 aromatic carbocycles. The summed E-state index contributed by atoms with van der Waals surface area (Å²) < 4.78 is 25.3. The molecular formula is C6H5F2IN2O. The third-order valence-corrected chi connectivity index (χ3v) is 2.09. The number of carbonyl (C=O) groups is 1. The van der Waals surface area contributed by atoms with E-state index in [-0.39, 0.29) is 5.69 Å². The third-order valence-electron chi connectivity index (χ3n) is 1.26. The number of nitrogens with zero attached hydrogens (tertiary/aromatic N) is 2. The summed E-state index contributed by atoms with van der Waals surface area (Å²) in [5.74, 6) is 0. The Morgan fingerprint density at radius 1 is 1.75 bits per heavy atom. The van der Waals surface area contributed by atoms with E-state index in [2.05, 4.69) is 5.10 Å². The number of rotatable bonds is 3. The molecule has 0 N–H and O–H groups in total. The van der Waals surface area contributed by atoms with Crippen LogP contribution in [0.3, 0.4) is 0 Å². The van der Waals surface area contributed by atoms with E-state index in [9.17, 15) is 13.6 Å². The standard InChI is InChI=1S/C6H5F2IN2O/c7-6(8)2-11-5(3-12)4(9)1-10-11/h1,3,6H,2H2. The van der Waals surface area contributed by atoms with Crippen molar-refractivity contribution >= 4 is 28.9 Å². The molecule has 1 rings (SSSR count). The molecule has 0 saturated heterocycles. The Hall–Kier alpha value is -0.530. The van der Waals surface area contributed by atoms with Crippen LogP contribution in [0.1, 0.15) is 10.5 Å². The van der Waals surface area contributed by atoms with Crippen molar-refractivity contribution in [2.45, 2.75) is 13.0 Å². The quantitative estimate of drug-likeness (QED) is 0.624. The highest BCUT2D eigenvalue weighted by Crippen LogP contribution is 2.10. The number of alkyl halides is 2. The highest BCUT2D eigenvalue weighted by Gasteiger charge is 2.11. The third kappa shape index (κ3) is 1.99. The predicted molar refractivity (Wildman–Crippen MR) is 46.3 cm³/mol. The second kappa shape index (κ2) is 3.92. The molecule has 0 aliphatic carbocycles. The maximum Gasteiger partial charge on any atom is 0.257 e. The molecular weight excluding hydrogens is 281 g/mol. The lowest BCUT2D eigenvalue weighted by Gasteiger charge is -2.00. The van der Waals surface area contributed by atoms with Crippen molar-refractivity contribution in [3.63, 3.8) is 0 Å². The van der Waals surface area contributed by atoms with Crippen LogP contribution < -0.4 is 0 Å². The van der Waals surface area contributed by atoms with Gasteiger partial charge in [0.15, 0.2) is 6.29 Å². The van der Waals surface area contributed by atoms with Gasteiger partial charge in [-0.3, -0.25) is 9.48 Å². The maximum absolute atomic E-state index is 11.9. The summed E-state index contributed by atoms with van der Waals surface area (Å²) in [7, 11) is 0. The molecule has 1 aromatic heterocycles. The first-order valence-corrected chi connectivity index (χ1v) is 4.17. The molecule has 0 bridgehead atoms. The summed E-state index contributed by atoms with van der Waals surface area (Å²) in [5, 5.41) is 3.62. The van der Waals surface area contributed by atoms with Crippen LogP contribution in [0.15, 0.2) is 6.20 Å². The minimum Gasteiger partial charge on any atom is -0.296 e. The van der Waals surface area contributed by atoms with Gasteiger partial charge in [0, 0.05) is 0 Å². The predicted octanol–water partition coefficient (Wildman–Crippen LogP) is 1.57. The summed E-state index contributed by atoms with van der Waals surface area (Å²) >= 11 is 1.87. The molecule has 0 fully saturated rings. The van der Waals surface area contributed by atoms with Crippen LogP contribution >= 0.6 is 22.6 Å². The van der Waals surface area contributed by atoms with E-state index in [1.807, 2.05) is 22.6 Å². The summed E-state index contributed by atoms with van der Waals surface area (Å²) in [6.07, 6.45) is -0.580. The first kappa shape index (κ1) is 9.56. The van der Waals surface area contributed by atoms with Crippen LogP contribution in [0.4, 0.5) is 8.78 Å². The van der Waals surface area contributed by atoms with E-state index >= 15 is 0 Å². The fourth-order valence-electron chi connectivity index (χ4n) is 0.765. The molecule has 0 radical (unpaired) electrons. The molecule has 12 heavy (non-hydrogen) atoms. The number of aldehydes is 1. The largest absolute Gasteiger partial charge is 0.296 e. The summed E-state index contributed by atoms with van der Waals surface area (Å²) in [5.41, 5.74) is 0.205. The van der Waals surface area contributed by atoms with Crippen LogP contribution in [0.5, 0.6) is 0 Å². The summed E-state index contributed by atoms with van der Waals surface area (Å²) in [6, 6.07) is 0. The average Bonchev–Trinajstić information content (AvgIpc) is 2.30. The molecule has 0 saturated carbocycles. The molecule has 1 aromatic rings. The van der Waals surface area contributed by atoms with Gasteiger partial charge < -0.3 is 0 Å². The van der Waals surface area contributed by atoms with Gasteiger partial charge in [0.05, 0.1) is 9.77 Å². The molecule has 6 heteroatoms. The molecule has 0 spiro atoms. The number of carbonyl (C=O) groups excluding carboxylic acids is 1. The Kier molecular flexibility index (Phi) is 3.12. The van der Waals surface area contributed by atoms with E-state index in [4.69, 9.17) is 0 Å². The fourth-order valence-corrected chi connectivity index (χ4v) is 1.30. The van der Waals surface area contributed by atoms with Crippen molar-refractivity contribution in [1.82, 2.24) is 9.78 Å². The van der Waals surface area contributed by atoms with Gasteiger partial charge in [-0.25, -0.2) is 8.78 Å². The molecule has 0 unspecified atom stereocenters. The van der Waals surface area contributed by atoms with E-state index in [1.165, 1.54) is 6.20 Å². The lowest BCUT2D eigenvalue weighted by molar-refractivity contribution is 0.108. The minimum atomic E-state index is -2.49. The number of hydrogen-bond acceptors (Lipinski definition) is 2. The highest BCUT2D eigenvalue weighted by atomic mass is 127. The van der Waals surface area contributed by atoms with Gasteiger partial charge >= 0.3 is 0 Å². The fraction of sp³-hybridized carbons (Fsp3) is 0.333. The normalized spacial score (nSPS) is 10.7. The zero-order valence-electron chi connectivity index (χ0n) is 5.88. The summed E-state index contributed by atoms with van der Waals surface area (Å²) in [4.78, 5) is 10.4. The highest BCUT2D eigenvalue weighted by molar-refractivity contribution is 14.1. The molecule has 0 atom stereocenters. The zero-order valence-corrected chi connectivity index (χ0v) is 8.03. The monoisotopic (exact) mass is 286 g/mol. The van der Waals surface area contributed by atoms with Gasteiger partial charge in [-0.15, -0.1) is 0 Å². The van der Waals surface area contributed by atoms with Crippen molar-refractivity contribution < 1.29 is 13.6 Å². The molecule has 0 aliphatic heterocycles. The van der Waals surface area contributed by atoms with Crippen molar-refractivity contribution in [3.8, 4) is 0 Å². The van der Waals surface area contributed by atoms with Crippen LogP contribution in [-0.2, 0) is 6.54 Å². The van der Waals surface area contributed by atoms with Crippen molar-refractivity contribution in [3.05, 3.63) is 15.5 Å². The van der Waals surface area contributed by atoms with Gasteiger partial charge in [-0.1, -0.05) is 0 Å². The molecule has 3 nitrogen and oxygen atoms in total. The van der Waals surface area contributed by atoms with E-state index in [0.717, 1.165) is 4.68 Å². The van der Waals surface area contributed by atoms with E-state index in [0.29, 0.717) is 9.86 Å². The minimum absolute atomic E-state index is 0.205. The Morgan fingerprint density at radius 2 is 2.42 bits per heavy atom. The number of aromatic nitrogens is 2. The second-order valence-corrected chi connectivity index (χ2v) is 3.23. The van der Waals surface area contributed by atoms with Gasteiger partial charge in [-0.2, -0.15) is 5.10 Å². The van der Waals surface area contributed by atoms with E-state index < -0.39 is 13.0 Å². The lowest BCUT2D eigenvalue weighted by atomic mass is 10.5. The Bertz CT molecular complexity index is 287. The Morgan fingerprint density at radius 3 is 2.92 bits per heavy atom. The number of halogens is 3. The maximum atomic E-state index is 11.9. The van der Waals surface area contributed by atoms with Crippen LogP contribution in [0.2, 0.25) is 0 Å². The SMILES string of the molecule is O=Cc1c(I)cnn1CC(F)F. The van der Waals surface area contributed by atoms with Crippen molar-refractivity contribution in [2.24, 2.45) is 0 Å². The average molecular weight is 286 g/mol. The zero-order chi connectivity index (χ0) is 9.14. The first-order valence-electron chi connectivity index (χ1n) is 3.09. The van der Waals surface area contributed by atoms with Crippen LogP contribution in [0, 0.1) is 3.57 Å². The van der Waals surface area contributed by atoms with Gasteiger partial charge in [-0.05, 0) is 22.6 Å². The van der Waals surface area contributed by atoms with Gasteiger partial charge in [0.1, 0.15) is 12.2 Å². The molecule has 66 valence electrons. The first-order chi connectivity index (χ1) is 5.65.